The SMILES string of the molecule is COc1cc(OC)cc(OCCNC(=O)N2CCN(c3cccc(C)c3)CC2)c1. The van der Waals surface area contributed by atoms with Crippen LogP contribution in [-0.2, 0) is 0 Å². The number of piperazine rings is 1. The maximum absolute atomic E-state index is 12.4. The van der Waals surface area contributed by atoms with Crippen molar-refractivity contribution in [2.45, 2.75) is 6.92 Å². The van der Waals surface area contributed by atoms with E-state index in [0.29, 0.717) is 43.5 Å². The number of ether oxygens (including phenoxy) is 3. The molecule has 156 valence electrons. The number of hydrogen-bond donors (Lipinski definition) is 1. The van der Waals surface area contributed by atoms with Crippen LogP contribution in [0.1, 0.15) is 5.56 Å². The van der Waals surface area contributed by atoms with E-state index in [4.69, 9.17) is 14.2 Å². The number of hydrogen-bond acceptors (Lipinski definition) is 5. The molecule has 0 unspecified atom stereocenters. The summed E-state index contributed by atoms with van der Waals surface area (Å²) in [7, 11) is 3.19. The van der Waals surface area contributed by atoms with Gasteiger partial charge in [-0.1, -0.05) is 12.1 Å². The Morgan fingerprint density at radius 3 is 2.24 bits per heavy atom. The van der Waals surface area contributed by atoms with Crippen LogP contribution in [0.3, 0.4) is 0 Å². The van der Waals surface area contributed by atoms with E-state index in [1.54, 1.807) is 32.4 Å². The summed E-state index contributed by atoms with van der Waals surface area (Å²) in [6, 6.07) is 13.8. The number of carbonyl (C=O) groups excluding carboxylic acids is 1. The molecule has 0 radical (unpaired) electrons. The van der Waals surface area contributed by atoms with Gasteiger partial charge in [0.1, 0.15) is 23.9 Å². The second kappa shape index (κ2) is 9.91. The normalized spacial score (nSPS) is 13.8. The first-order chi connectivity index (χ1) is 14.1. The molecule has 7 heteroatoms. The predicted molar refractivity (Wildman–Crippen MR) is 113 cm³/mol. The number of nitrogens with zero attached hydrogens (tertiary/aromatic N) is 2. The summed E-state index contributed by atoms with van der Waals surface area (Å²) in [4.78, 5) is 16.6. The zero-order chi connectivity index (χ0) is 20.6. The van der Waals surface area contributed by atoms with Crippen molar-refractivity contribution in [2.24, 2.45) is 0 Å². The lowest BCUT2D eigenvalue weighted by molar-refractivity contribution is 0.191. The van der Waals surface area contributed by atoms with Crippen molar-refractivity contribution < 1.29 is 19.0 Å². The molecule has 1 saturated heterocycles. The molecule has 1 fully saturated rings. The van der Waals surface area contributed by atoms with Crippen LogP contribution < -0.4 is 24.4 Å². The van der Waals surface area contributed by atoms with Crippen LogP contribution in [-0.4, -0.2) is 64.5 Å². The Bertz CT molecular complexity index is 797. The zero-order valence-electron chi connectivity index (χ0n) is 17.3. The lowest BCUT2D eigenvalue weighted by atomic mass is 10.2. The summed E-state index contributed by atoms with van der Waals surface area (Å²) in [5.41, 5.74) is 2.46. The molecular weight excluding hydrogens is 370 g/mol. The van der Waals surface area contributed by atoms with Gasteiger partial charge in [0.15, 0.2) is 0 Å². The van der Waals surface area contributed by atoms with Crippen molar-refractivity contribution in [1.82, 2.24) is 10.2 Å². The van der Waals surface area contributed by atoms with Crippen LogP contribution in [0, 0.1) is 6.92 Å². The summed E-state index contributed by atoms with van der Waals surface area (Å²) in [5, 5.41) is 2.92. The van der Waals surface area contributed by atoms with Gasteiger partial charge in [-0.2, -0.15) is 0 Å². The molecule has 3 rings (SSSR count). The lowest BCUT2D eigenvalue weighted by Crippen LogP contribution is -2.52. The predicted octanol–water partition coefficient (Wildman–Crippen LogP) is 2.92. The summed E-state index contributed by atoms with van der Waals surface area (Å²) in [6.07, 6.45) is 0. The number of carbonyl (C=O) groups is 1. The van der Waals surface area contributed by atoms with Crippen LogP contribution in [0.15, 0.2) is 42.5 Å². The molecule has 1 aliphatic rings. The Morgan fingerprint density at radius 2 is 1.62 bits per heavy atom. The smallest absolute Gasteiger partial charge is 0.317 e. The molecule has 1 heterocycles. The van der Waals surface area contributed by atoms with Gasteiger partial charge in [-0.15, -0.1) is 0 Å². The number of urea groups is 1. The maximum Gasteiger partial charge on any atom is 0.317 e. The second-order valence-electron chi connectivity index (χ2n) is 6.94. The Labute approximate surface area is 172 Å². The van der Waals surface area contributed by atoms with Gasteiger partial charge in [-0.25, -0.2) is 4.79 Å². The van der Waals surface area contributed by atoms with Crippen LogP contribution in [0.25, 0.3) is 0 Å². The number of nitrogens with one attached hydrogen (secondary N) is 1. The van der Waals surface area contributed by atoms with Gasteiger partial charge in [0.05, 0.1) is 20.8 Å². The first-order valence-corrected chi connectivity index (χ1v) is 9.79. The van der Waals surface area contributed by atoms with Gasteiger partial charge in [0.25, 0.3) is 0 Å². The minimum atomic E-state index is -0.0549. The lowest BCUT2D eigenvalue weighted by Gasteiger charge is -2.36. The highest BCUT2D eigenvalue weighted by Crippen LogP contribution is 2.27. The van der Waals surface area contributed by atoms with Crippen molar-refractivity contribution >= 4 is 11.7 Å². The van der Waals surface area contributed by atoms with Gasteiger partial charge >= 0.3 is 6.03 Å². The average Bonchev–Trinajstić information content (AvgIpc) is 2.76. The monoisotopic (exact) mass is 399 g/mol. The minimum absolute atomic E-state index is 0.0549. The molecule has 29 heavy (non-hydrogen) atoms. The Kier molecular flexibility index (Phi) is 7.05. The summed E-state index contributed by atoms with van der Waals surface area (Å²) in [5.74, 6) is 1.96. The molecule has 2 aromatic carbocycles. The average molecular weight is 399 g/mol. The molecule has 1 aliphatic heterocycles. The molecule has 2 aromatic rings. The molecule has 0 spiro atoms. The minimum Gasteiger partial charge on any atom is -0.496 e. The summed E-state index contributed by atoms with van der Waals surface area (Å²) >= 11 is 0. The number of anilines is 1. The molecule has 0 aliphatic carbocycles. The standard InChI is InChI=1S/C22H29N3O4/c1-17-5-4-6-18(13-17)24-8-10-25(11-9-24)22(26)23-7-12-29-21-15-19(27-2)14-20(16-21)28-3/h4-6,13-16H,7-12H2,1-3H3,(H,23,26). The molecule has 1 N–H and O–H groups in total. The third kappa shape index (κ3) is 5.70. The fraction of sp³-hybridized carbons (Fsp3) is 0.409. The largest absolute Gasteiger partial charge is 0.496 e. The Hall–Kier alpha value is -3.09. The van der Waals surface area contributed by atoms with Gasteiger partial charge < -0.3 is 29.3 Å². The number of amides is 2. The Balaban J connectivity index is 1.40. The van der Waals surface area contributed by atoms with Gasteiger partial charge in [-0.05, 0) is 24.6 Å². The number of benzene rings is 2. The molecule has 0 atom stereocenters. The third-order valence-electron chi connectivity index (χ3n) is 4.91. The topological polar surface area (TPSA) is 63.3 Å². The highest BCUT2D eigenvalue weighted by molar-refractivity contribution is 5.74. The van der Waals surface area contributed by atoms with E-state index in [9.17, 15) is 4.79 Å². The van der Waals surface area contributed by atoms with Gasteiger partial charge in [0, 0.05) is 50.1 Å². The van der Waals surface area contributed by atoms with Crippen molar-refractivity contribution in [3.63, 3.8) is 0 Å². The quantitative estimate of drug-likeness (QED) is 0.726. The van der Waals surface area contributed by atoms with Crippen molar-refractivity contribution in [3.8, 4) is 17.2 Å². The fourth-order valence-electron chi connectivity index (χ4n) is 3.30. The molecule has 2 amide bonds. The molecule has 7 nitrogen and oxygen atoms in total. The summed E-state index contributed by atoms with van der Waals surface area (Å²) in [6.45, 7) is 5.95. The van der Waals surface area contributed by atoms with E-state index in [2.05, 4.69) is 41.4 Å². The van der Waals surface area contributed by atoms with Gasteiger partial charge in [0.2, 0.25) is 0 Å². The zero-order valence-corrected chi connectivity index (χ0v) is 17.3. The highest BCUT2D eigenvalue weighted by Gasteiger charge is 2.21. The number of aryl methyl sites for hydroxylation is 1. The van der Waals surface area contributed by atoms with E-state index < -0.39 is 0 Å². The van der Waals surface area contributed by atoms with Crippen LogP contribution in [0.2, 0.25) is 0 Å². The Morgan fingerprint density at radius 1 is 0.966 bits per heavy atom. The van der Waals surface area contributed by atoms with Crippen molar-refractivity contribution in [3.05, 3.63) is 48.0 Å². The maximum atomic E-state index is 12.4. The number of methoxy groups -OCH3 is 2. The van der Waals surface area contributed by atoms with Gasteiger partial charge in [-0.3, -0.25) is 0 Å². The molecular formula is C22H29N3O4. The third-order valence-corrected chi connectivity index (χ3v) is 4.91. The van der Waals surface area contributed by atoms with Crippen LogP contribution in [0.4, 0.5) is 10.5 Å². The van der Waals surface area contributed by atoms with E-state index in [0.717, 1.165) is 13.1 Å². The van der Waals surface area contributed by atoms with E-state index in [1.807, 2.05) is 4.90 Å². The first kappa shape index (κ1) is 20.6. The van der Waals surface area contributed by atoms with Crippen LogP contribution >= 0.6 is 0 Å². The van der Waals surface area contributed by atoms with E-state index >= 15 is 0 Å². The first-order valence-electron chi connectivity index (χ1n) is 9.79. The van der Waals surface area contributed by atoms with Crippen molar-refractivity contribution in [2.75, 3.05) is 58.5 Å². The fourth-order valence-corrected chi connectivity index (χ4v) is 3.30. The molecule has 0 aromatic heterocycles. The van der Waals surface area contributed by atoms with E-state index in [1.165, 1.54) is 11.3 Å². The molecule has 0 bridgehead atoms. The van der Waals surface area contributed by atoms with E-state index in [-0.39, 0.29) is 6.03 Å². The summed E-state index contributed by atoms with van der Waals surface area (Å²) < 4.78 is 16.2. The number of rotatable bonds is 7. The second-order valence-corrected chi connectivity index (χ2v) is 6.94. The molecule has 0 saturated carbocycles. The highest BCUT2D eigenvalue weighted by atomic mass is 16.5. The van der Waals surface area contributed by atoms with Crippen molar-refractivity contribution in [1.29, 1.82) is 0 Å². The van der Waals surface area contributed by atoms with Crippen LogP contribution in [0.5, 0.6) is 17.2 Å².